The second kappa shape index (κ2) is 9.17. The number of nitrogens with one attached hydrogen (secondary N) is 1. The van der Waals surface area contributed by atoms with Gasteiger partial charge < -0.3 is 19.0 Å². The second-order valence-corrected chi connectivity index (χ2v) is 8.14. The average molecular weight is 447 g/mol. The van der Waals surface area contributed by atoms with Crippen LogP contribution in [0.3, 0.4) is 0 Å². The van der Waals surface area contributed by atoms with Crippen LogP contribution in [0.25, 0.3) is 0 Å². The number of amides is 1. The third-order valence-electron chi connectivity index (χ3n) is 4.40. The minimum absolute atomic E-state index is 0.0502. The third-order valence-corrected chi connectivity index (χ3v) is 5.64. The van der Waals surface area contributed by atoms with Gasteiger partial charge in [-0.25, -0.2) is 9.59 Å². The van der Waals surface area contributed by atoms with Crippen LogP contribution >= 0.6 is 0 Å². The Morgan fingerprint density at radius 1 is 0.935 bits per heavy atom. The Hall–Kier alpha value is -3.40. The predicted molar refractivity (Wildman–Crippen MR) is 110 cm³/mol. The smallest absolute Gasteiger partial charge is 0.339 e. The number of carbonyl (C=O) groups is 3. The number of ether oxygens (including phenoxy) is 2. The van der Waals surface area contributed by atoms with Crippen LogP contribution in [0.5, 0.6) is 5.75 Å². The molecule has 1 N–H and O–H groups in total. The molecule has 0 atom stereocenters. The van der Waals surface area contributed by atoms with Crippen molar-refractivity contribution in [2.24, 2.45) is 0 Å². The summed E-state index contributed by atoms with van der Waals surface area (Å²) in [7, 11) is -4.29. The van der Waals surface area contributed by atoms with E-state index in [-0.39, 0.29) is 47.3 Å². The topological polar surface area (TPSA) is 125 Å². The minimum atomic E-state index is -4.29. The summed E-state index contributed by atoms with van der Waals surface area (Å²) in [6.07, 6.45) is 0.651. The van der Waals surface area contributed by atoms with Crippen molar-refractivity contribution < 1.29 is 36.5 Å². The van der Waals surface area contributed by atoms with E-state index >= 15 is 0 Å². The fourth-order valence-electron chi connectivity index (χ4n) is 3.00. The summed E-state index contributed by atoms with van der Waals surface area (Å²) < 4.78 is 40.7. The Morgan fingerprint density at radius 3 is 2.13 bits per heavy atom. The molecule has 0 bridgehead atoms. The Balaban J connectivity index is 1.95. The number of hydrogen-bond donors (Lipinski definition) is 1. The van der Waals surface area contributed by atoms with Gasteiger partial charge in [-0.15, -0.1) is 0 Å². The van der Waals surface area contributed by atoms with Crippen molar-refractivity contribution in [1.29, 1.82) is 0 Å². The molecule has 0 radical (unpaired) electrons. The molecule has 0 aromatic heterocycles. The molecule has 2 aromatic rings. The zero-order valence-corrected chi connectivity index (χ0v) is 17.8. The Kier molecular flexibility index (Phi) is 6.59. The summed E-state index contributed by atoms with van der Waals surface area (Å²) in [4.78, 5) is 35.6. The predicted octanol–water partition coefficient (Wildman–Crippen LogP) is 2.69. The number of rotatable bonds is 7. The number of fused-ring (bicyclic) bond motifs is 1. The normalized spacial score (nSPS) is 13.0. The Morgan fingerprint density at radius 2 is 1.55 bits per heavy atom. The molecular formula is C21H21NO8S. The number of esters is 2. The molecule has 1 aliphatic heterocycles. The van der Waals surface area contributed by atoms with Crippen LogP contribution in [0, 0.1) is 0 Å². The Bertz CT molecular complexity index is 1100. The first-order valence-corrected chi connectivity index (χ1v) is 11.0. The quantitative estimate of drug-likeness (QED) is 0.507. The number of hydrogen-bond acceptors (Lipinski definition) is 8. The van der Waals surface area contributed by atoms with E-state index in [1.54, 1.807) is 13.8 Å². The largest absolute Gasteiger partial charge is 0.462 e. The number of benzene rings is 2. The molecular weight excluding hydrogens is 426 g/mol. The molecule has 1 amide bonds. The van der Waals surface area contributed by atoms with Gasteiger partial charge in [0.25, 0.3) is 0 Å². The van der Waals surface area contributed by atoms with Crippen molar-refractivity contribution in [3.05, 3.63) is 53.1 Å². The maximum Gasteiger partial charge on any atom is 0.339 e. The molecule has 1 aliphatic rings. The molecule has 10 heteroatoms. The lowest BCUT2D eigenvalue weighted by molar-refractivity contribution is -0.116. The van der Waals surface area contributed by atoms with E-state index in [1.807, 2.05) is 0 Å². The number of carbonyl (C=O) groups excluding carboxylic acids is 3. The first-order valence-electron chi connectivity index (χ1n) is 9.60. The van der Waals surface area contributed by atoms with Gasteiger partial charge in [-0.2, -0.15) is 8.42 Å². The van der Waals surface area contributed by atoms with E-state index in [0.717, 1.165) is 0 Å². The van der Waals surface area contributed by atoms with Gasteiger partial charge in [-0.05, 0) is 62.2 Å². The van der Waals surface area contributed by atoms with Gasteiger partial charge in [-0.1, -0.05) is 0 Å². The Labute approximate surface area is 179 Å². The first kappa shape index (κ1) is 22.3. The third kappa shape index (κ3) is 5.21. The highest BCUT2D eigenvalue weighted by Crippen LogP contribution is 2.28. The van der Waals surface area contributed by atoms with E-state index in [9.17, 15) is 22.8 Å². The summed E-state index contributed by atoms with van der Waals surface area (Å²) in [5.74, 6) is -1.85. The highest BCUT2D eigenvalue weighted by Gasteiger charge is 2.23. The maximum absolute atomic E-state index is 12.8. The van der Waals surface area contributed by atoms with E-state index < -0.39 is 22.1 Å². The van der Waals surface area contributed by atoms with Crippen LogP contribution in [-0.4, -0.2) is 39.5 Å². The molecule has 0 saturated carbocycles. The van der Waals surface area contributed by atoms with Crippen molar-refractivity contribution in [3.8, 4) is 5.75 Å². The van der Waals surface area contributed by atoms with E-state index in [2.05, 4.69) is 5.32 Å². The van der Waals surface area contributed by atoms with Crippen molar-refractivity contribution >= 4 is 33.7 Å². The molecule has 0 unspecified atom stereocenters. The van der Waals surface area contributed by atoms with E-state index in [1.165, 1.54) is 36.4 Å². The maximum atomic E-state index is 12.8. The summed E-state index contributed by atoms with van der Waals surface area (Å²) in [6, 6.07) is 7.82. The van der Waals surface area contributed by atoms with Crippen molar-refractivity contribution in [1.82, 2.24) is 0 Å². The van der Waals surface area contributed by atoms with Crippen molar-refractivity contribution in [2.75, 3.05) is 18.5 Å². The van der Waals surface area contributed by atoms with Crippen LogP contribution in [0.15, 0.2) is 41.3 Å². The number of aryl methyl sites for hydroxylation is 1. The van der Waals surface area contributed by atoms with E-state index in [0.29, 0.717) is 17.7 Å². The molecule has 0 spiro atoms. The van der Waals surface area contributed by atoms with Gasteiger partial charge in [0, 0.05) is 12.1 Å². The molecule has 164 valence electrons. The lowest BCUT2D eigenvalue weighted by Crippen LogP contribution is -2.20. The molecule has 0 aliphatic carbocycles. The highest BCUT2D eigenvalue weighted by molar-refractivity contribution is 7.87. The minimum Gasteiger partial charge on any atom is -0.462 e. The lowest BCUT2D eigenvalue weighted by atomic mass is 10.0. The molecule has 1 heterocycles. The standard InChI is InChI=1S/C21H21NO8S/c1-3-28-20(24)14-9-15(21(25)29-4-2)11-16(10-14)30-31(26,27)17-6-7-18-13(12-17)5-8-19(23)22-18/h6-7,9-12H,3-5,8H2,1-2H3,(H,22,23). The zero-order valence-electron chi connectivity index (χ0n) is 17.0. The van der Waals surface area contributed by atoms with Crippen molar-refractivity contribution in [2.45, 2.75) is 31.6 Å². The molecule has 3 rings (SSSR count). The summed E-state index contributed by atoms with van der Waals surface area (Å²) in [5.41, 5.74) is 1.11. The van der Waals surface area contributed by atoms with Crippen LogP contribution in [0.1, 0.15) is 46.5 Å². The first-order chi connectivity index (χ1) is 14.7. The summed E-state index contributed by atoms with van der Waals surface area (Å²) in [5, 5.41) is 2.67. The molecule has 0 fully saturated rings. The van der Waals surface area contributed by atoms with E-state index in [4.69, 9.17) is 13.7 Å². The fourth-order valence-corrected chi connectivity index (χ4v) is 3.97. The number of anilines is 1. The summed E-state index contributed by atoms with van der Waals surface area (Å²) in [6.45, 7) is 3.44. The molecule has 31 heavy (non-hydrogen) atoms. The SMILES string of the molecule is CCOC(=O)c1cc(OS(=O)(=O)c2ccc3c(c2)CCC(=O)N3)cc(C(=O)OCC)c1. The monoisotopic (exact) mass is 447 g/mol. The molecule has 2 aromatic carbocycles. The van der Waals surface area contributed by atoms with Crippen LogP contribution in [0.4, 0.5) is 5.69 Å². The van der Waals surface area contributed by atoms with Gasteiger partial charge in [0.15, 0.2) is 0 Å². The van der Waals surface area contributed by atoms with Gasteiger partial charge in [0.2, 0.25) is 5.91 Å². The lowest BCUT2D eigenvalue weighted by Gasteiger charge is -2.17. The average Bonchev–Trinajstić information content (AvgIpc) is 2.73. The van der Waals surface area contributed by atoms with Gasteiger partial charge in [0.1, 0.15) is 10.6 Å². The van der Waals surface area contributed by atoms with Gasteiger partial charge in [-0.3, -0.25) is 4.79 Å². The van der Waals surface area contributed by atoms with Crippen LogP contribution < -0.4 is 9.50 Å². The van der Waals surface area contributed by atoms with Crippen LogP contribution in [-0.2, 0) is 30.8 Å². The fraction of sp³-hybridized carbons (Fsp3) is 0.286. The zero-order chi connectivity index (χ0) is 22.6. The van der Waals surface area contributed by atoms with Gasteiger partial charge >= 0.3 is 22.1 Å². The molecule has 0 saturated heterocycles. The molecule has 9 nitrogen and oxygen atoms in total. The van der Waals surface area contributed by atoms with Crippen LogP contribution in [0.2, 0.25) is 0 Å². The summed E-state index contributed by atoms with van der Waals surface area (Å²) >= 11 is 0. The highest BCUT2D eigenvalue weighted by atomic mass is 32.2. The van der Waals surface area contributed by atoms with Gasteiger partial charge in [0.05, 0.1) is 24.3 Å². The second-order valence-electron chi connectivity index (χ2n) is 6.59. The van der Waals surface area contributed by atoms with Crippen molar-refractivity contribution in [3.63, 3.8) is 0 Å².